The van der Waals surface area contributed by atoms with E-state index in [9.17, 15) is 18.0 Å². The van der Waals surface area contributed by atoms with Crippen molar-refractivity contribution in [3.8, 4) is 0 Å². The van der Waals surface area contributed by atoms with Gasteiger partial charge in [0.15, 0.2) is 5.75 Å². The number of sulfonamides is 1. The molecular formula is C11H21NO6S. The van der Waals surface area contributed by atoms with Crippen LogP contribution in [0.4, 0.5) is 0 Å². The fourth-order valence-corrected chi connectivity index (χ4v) is 2.22. The monoisotopic (exact) mass is 295 g/mol. The summed E-state index contributed by atoms with van der Waals surface area (Å²) in [6, 6.07) is -1.07. The Bertz CT molecular complexity index is 423. The van der Waals surface area contributed by atoms with E-state index in [1.807, 2.05) is 0 Å². The Morgan fingerprint density at radius 1 is 1.26 bits per heavy atom. The van der Waals surface area contributed by atoms with Crippen LogP contribution in [0.3, 0.4) is 0 Å². The molecule has 0 aromatic heterocycles. The van der Waals surface area contributed by atoms with E-state index >= 15 is 0 Å². The van der Waals surface area contributed by atoms with Crippen LogP contribution in [0, 0.1) is 0 Å². The van der Waals surface area contributed by atoms with Crippen molar-refractivity contribution >= 4 is 22.0 Å². The summed E-state index contributed by atoms with van der Waals surface area (Å²) in [7, 11) is -3.93. The van der Waals surface area contributed by atoms with Crippen molar-refractivity contribution in [1.82, 2.24) is 4.72 Å². The van der Waals surface area contributed by atoms with Gasteiger partial charge >= 0.3 is 11.9 Å². The van der Waals surface area contributed by atoms with Crippen LogP contribution in [0.2, 0.25) is 0 Å². The number of ether oxygens (including phenoxy) is 2. The second kappa shape index (κ2) is 6.85. The average molecular weight is 295 g/mol. The maximum atomic E-state index is 11.6. The van der Waals surface area contributed by atoms with Crippen molar-refractivity contribution in [2.24, 2.45) is 0 Å². The lowest BCUT2D eigenvalue weighted by atomic mass is 10.2. The summed E-state index contributed by atoms with van der Waals surface area (Å²) in [5.74, 6) is -2.40. The average Bonchev–Trinajstić information content (AvgIpc) is 2.12. The van der Waals surface area contributed by atoms with Crippen molar-refractivity contribution < 1.29 is 27.5 Å². The Labute approximate surface area is 113 Å². The first-order chi connectivity index (χ1) is 8.47. The molecule has 0 aliphatic rings. The molecule has 0 aromatic carbocycles. The molecule has 0 heterocycles. The third-order valence-electron chi connectivity index (χ3n) is 1.73. The van der Waals surface area contributed by atoms with Crippen molar-refractivity contribution in [1.29, 1.82) is 0 Å². The highest BCUT2D eigenvalue weighted by Gasteiger charge is 2.27. The first-order valence-corrected chi connectivity index (χ1v) is 7.50. The number of carbonyl (C=O) groups excluding carboxylic acids is 2. The molecule has 0 aromatic rings. The Kier molecular flexibility index (Phi) is 6.44. The molecule has 7 nitrogen and oxygen atoms in total. The molecule has 0 radical (unpaired) electrons. The van der Waals surface area contributed by atoms with Gasteiger partial charge in [0.2, 0.25) is 10.0 Å². The van der Waals surface area contributed by atoms with Crippen molar-refractivity contribution in [3.63, 3.8) is 0 Å². The van der Waals surface area contributed by atoms with Gasteiger partial charge in [-0.2, -0.15) is 0 Å². The van der Waals surface area contributed by atoms with Gasteiger partial charge in [0.1, 0.15) is 11.6 Å². The second-order valence-corrected chi connectivity index (χ2v) is 6.69. The summed E-state index contributed by atoms with van der Waals surface area (Å²) >= 11 is 0. The smallest absolute Gasteiger partial charge is 0.324 e. The van der Waals surface area contributed by atoms with Gasteiger partial charge in [-0.1, -0.05) is 0 Å². The molecule has 0 saturated carbocycles. The Hall–Kier alpha value is -1.15. The van der Waals surface area contributed by atoms with Crippen LogP contribution >= 0.6 is 0 Å². The summed E-state index contributed by atoms with van der Waals surface area (Å²) in [4.78, 5) is 22.7. The lowest BCUT2D eigenvalue weighted by Gasteiger charge is -2.22. The van der Waals surface area contributed by atoms with Gasteiger partial charge in [-0.05, 0) is 34.6 Å². The second-order valence-electron chi connectivity index (χ2n) is 4.94. The van der Waals surface area contributed by atoms with E-state index in [1.165, 1.54) is 6.92 Å². The van der Waals surface area contributed by atoms with E-state index in [4.69, 9.17) is 4.74 Å². The maximum absolute atomic E-state index is 11.6. The Morgan fingerprint density at radius 3 is 2.21 bits per heavy atom. The number of hydrogen-bond donors (Lipinski definition) is 1. The predicted molar refractivity (Wildman–Crippen MR) is 68.9 cm³/mol. The lowest BCUT2D eigenvalue weighted by molar-refractivity contribution is -0.156. The van der Waals surface area contributed by atoms with Crippen molar-refractivity contribution in [2.45, 2.75) is 46.3 Å². The van der Waals surface area contributed by atoms with Gasteiger partial charge in [0.25, 0.3) is 0 Å². The van der Waals surface area contributed by atoms with Gasteiger partial charge < -0.3 is 9.47 Å². The zero-order chi connectivity index (χ0) is 15.3. The third kappa shape index (κ3) is 8.55. The summed E-state index contributed by atoms with van der Waals surface area (Å²) in [6.07, 6.45) is 0. The molecule has 0 amide bonds. The molecule has 112 valence electrons. The topological polar surface area (TPSA) is 98.8 Å². The van der Waals surface area contributed by atoms with Crippen LogP contribution in [-0.2, 0) is 29.1 Å². The van der Waals surface area contributed by atoms with Gasteiger partial charge in [-0.3, -0.25) is 9.59 Å². The number of carbonyl (C=O) groups is 2. The molecule has 1 N–H and O–H groups in total. The number of hydrogen-bond acceptors (Lipinski definition) is 6. The molecule has 0 rings (SSSR count). The van der Waals surface area contributed by atoms with E-state index in [0.717, 1.165) is 0 Å². The summed E-state index contributed by atoms with van der Waals surface area (Å²) in [5.41, 5.74) is -0.710. The van der Waals surface area contributed by atoms with E-state index in [-0.39, 0.29) is 6.61 Å². The van der Waals surface area contributed by atoms with Crippen LogP contribution < -0.4 is 4.72 Å². The number of rotatable bonds is 6. The summed E-state index contributed by atoms with van der Waals surface area (Å²) in [6.45, 7) is 8.02. The standard InChI is InChI=1S/C11H21NO6S/c1-6-17-9(13)7-19(15,16)12-8(2)10(14)18-11(3,4)5/h8,12H,6-7H2,1-5H3/t8-/m0/s1. The Balaban J connectivity index is 4.50. The van der Waals surface area contributed by atoms with Crippen LogP contribution in [0.5, 0.6) is 0 Å². The van der Waals surface area contributed by atoms with Gasteiger partial charge in [-0.15, -0.1) is 0 Å². The molecule has 0 bridgehead atoms. The summed E-state index contributed by atoms with van der Waals surface area (Å²) in [5, 5.41) is 0. The zero-order valence-corrected chi connectivity index (χ0v) is 12.7. The molecule has 0 saturated heterocycles. The first-order valence-electron chi connectivity index (χ1n) is 5.85. The number of nitrogens with one attached hydrogen (secondary N) is 1. The quantitative estimate of drug-likeness (QED) is 0.703. The molecule has 19 heavy (non-hydrogen) atoms. The fourth-order valence-electron chi connectivity index (χ4n) is 1.11. The highest BCUT2D eigenvalue weighted by atomic mass is 32.2. The fraction of sp³-hybridized carbons (Fsp3) is 0.818. The molecule has 0 unspecified atom stereocenters. The van der Waals surface area contributed by atoms with E-state index in [0.29, 0.717) is 0 Å². The van der Waals surface area contributed by atoms with Crippen LogP contribution in [0.1, 0.15) is 34.6 Å². The van der Waals surface area contributed by atoms with E-state index in [2.05, 4.69) is 9.46 Å². The predicted octanol–water partition coefficient (Wildman–Crippen LogP) is 0.199. The molecule has 8 heteroatoms. The number of esters is 2. The first kappa shape index (κ1) is 17.8. The molecule has 0 aliphatic heterocycles. The SMILES string of the molecule is CCOC(=O)CS(=O)(=O)N[C@@H](C)C(=O)OC(C)(C)C. The van der Waals surface area contributed by atoms with E-state index < -0.39 is 39.4 Å². The van der Waals surface area contributed by atoms with Crippen LogP contribution in [0.15, 0.2) is 0 Å². The third-order valence-corrected chi connectivity index (χ3v) is 3.06. The molecule has 0 fully saturated rings. The van der Waals surface area contributed by atoms with E-state index in [1.54, 1.807) is 27.7 Å². The zero-order valence-electron chi connectivity index (χ0n) is 11.8. The van der Waals surface area contributed by atoms with Crippen molar-refractivity contribution in [2.75, 3.05) is 12.4 Å². The molecule has 1 atom stereocenters. The highest BCUT2D eigenvalue weighted by molar-refractivity contribution is 7.90. The molecule has 0 aliphatic carbocycles. The largest absolute Gasteiger partial charge is 0.465 e. The highest BCUT2D eigenvalue weighted by Crippen LogP contribution is 2.08. The normalized spacial score (nSPS) is 13.7. The van der Waals surface area contributed by atoms with Crippen molar-refractivity contribution in [3.05, 3.63) is 0 Å². The summed E-state index contributed by atoms with van der Waals surface area (Å²) < 4.78 is 34.8. The van der Waals surface area contributed by atoms with Crippen LogP contribution in [0.25, 0.3) is 0 Å². The van der Waals surface area contributed by atoms with Crippen LogP contribution in [-0.4, -0.2) is 44.4 Å². The van der Waals surface area contributed by atoms with Gasteiger partial charge in [0, 0.05) is 0 Å². The minimum atomic E-state index is -3.93. The molecular weight excluding hydrogens is 274 g/mol. The lowest BCUT2D eigenvalue weighted by Crippen LogP contribution is -2.44. The minimum absolute atomic E-state index is 0.0932. The van der Waals surface area contributed by atoms with Gasteiger partial charge in [-0.25, -0.2) is 13.1 Å². The minimum Gasteiger partial charge on any atom is -0.465 e. The molecule has 0 spiro atoms. The maximum Gasteiger partial charge on any atom is 0.324 e. The van der Waals surface area contributed by atoms with Gasteiger partial charge in [0.05, 0.1) is 6.61 Å². The Morgan fingerprint density at radius 2 is 1.79 bits per heavy atom.